The van der Waals surface area contributed by atoms with E-state index in [1.807, 2.05) is 6.92 Å². The number of urea groups is 1. The number of nitrogens with two attached hydrogens (primary N) is 1. The van der Waals surface area contributed by atoms with E-state index < -0.39 is 30.0 Å². The summed E-state index contributed by atoms with van der Waals surface area (Å²) in [4.78, 5) is 35.7. The average Bonchev–Trinajstić information content (AvgIpc) is 2.83. The summed E-state index contributed by atoms with van der Waals surface area (Å²) in [5.41, 5.74) is 5.23. The maximum atomic E-state index is 12.0. The van der Waals surface area contributed by atoms with Gasteiger partial charge in [0.25, 0.3) is 0 Å². The molecule has 0 aromatic carbocycles. The lowest BCUT2D eigenvalue weighted by Gasteiger charge is -2.26. The molecule has 3 atom stereocenters. The van der Waals surface area contributed by atoms with Crippen molar-refractivity contribution in [3.05, 3.63) is 0 Å². The van der Waals surface area contributed by atoms with Crippen molar-refractivity contribution in [3.63, 3.8) is 0 Å². The van der Waals surface area contributed by atoms with Crippen molar-refractivity contribution in [2.24, 2.45) is 11.7 Å². The minimum Gasteiger partial charge on any atom is -0.480 e. The van der Waals surface area contributed by atoms with Crippen LogP contribution in [0.2, 0.25) is 0 Å². The fourth-order valence-corrected chi connectivity index (χ4v) is 2.20. The number of nitrogens with zero attached hydrogens (tertiary/aromatic N) is 1. The molecule has 0 saturated carbocycles. The van der Waals surface area contributed by atoms with Crippen LogP contribution in [0.15, 0.2) is 0 Å². The quantitative estimate of drug-likeness (QED) is 0.660. The highest BCUT2D eigenvalue weighted by Crippen LogP contribution is 2.17. The molecule has 7 heteroatoms. The summed E-state index contributed by atoms with van der Waals surface area (Å²) < 4.78 is 0. The van der Waals surface area contributed by atoms with Gasteiger partial charge in [-0.15, -0.1) is 0 Å². The number of hydrogen-bond donors (Lipinski definition) is 3. The van der Waals surface area contributed by atoms with Crippen LogP contribution in [0.3, 0.4) is 0 Å². The molecule has 1 unspecified atom stereocenters. The van der Waals surface area contributed by atoms with E-state index in [0.717, 1.165) is 0 Å². The predicted octanol–water partition coefficient (Wildman–Crippen LogP) is 0.145. The number of aliphatic carboxylic acids is 1. The topological polar surface area (TPSA) is 113 Å². The molecule has 1 heterocycles. The molecule has 19 heavy (non-hydrogen) atoms. The monoisotopic (exact) mass is 271 g/mol. The molecule has 0 aliphatic carbocycles. The number of carbonyl (C=O) groups excluding carboxylic acids is 2. The van der Waals surface area contributed by atoms with Gasteiger partial charge < -0.3 is 21.1 Å². The van der Waals surface area contributed by atoms with Gasteiger partial charge in [0.1, 0.15) is 12.1 Å². The molecule has 0 spiro atoms. The van der Waals surface area contributed by atoms with Crippen LogP contribution in [0.1, 0.15) is 33.1 Å². The molecule has 0 aromatic rings. The maximum absolute atomic E-state index is 12.0. The number of carboxylic acid groups (broad SMARTS) is 1. The Bertz CT molecular complexity index is 372. The lowest BCUT2D eigenvalue weighted by atomic mass is 9.99. The molecule has 1 saturated heterocycles. The summed E-state index contributed by atoms with van der Waals surface area (Å²) >= 11 is 0. The Morgan fingerprint density at radius 2 is 2.11 bits per heavy atom. The van der Waals surface area contributed by atoms with Crippen molar-refractivity contribution < 1.29 is 19.5 Å². The highest BCUT2D eigenvalue weighted by Gasteiger charge is 2.35. The number of primary amides is 1. The number of carbonyl (C=O) groups is 3. The summed E-state index contributed by atoms with van der Waals surface area (Å²) in [6.07, 6.45) is 1.86. The number of hydrogen-bond acceptors (Lipinski definition) is 3. The van der Waals surface area contributed by atoms with E-state index >= 15 is 0 Å². The van der Waals surface area contributed by atoms with Gasteiger partial charge in [0.2, 0.25) is 5.91 Å². The van der Waals surface area contributed by atoms with Gasteiger partial charge in [0.15, 0.2) is 0 Å². The molecule has 1 aliphatic rings. The first-order valence-electron chi connectivity index (χ1n) is 6.47. The molecule has 3 amide bonds. The van der Waals surface area contributed by atoms with Crippen molar-refractivity contribution in [2.75, 3.05) is 6.54 Å². The van der Waals surface area contributed by atoms with E-state index in [4.69, 9.17) is 10.8 Å². The van der Waals surface area contributed by atoms with Crippen LogP contribution in [0, 0.1) is 5.92 Å². The third-order valence-corrected chi connectivity index (χ3v) is 3.60. The first-order chi connectivity index (χ1) is 8.88. The normalized spacial score (nSPS) is 21.8. The van der Waals surface area contributed by atoms with E-state index in [1.165, 1.54) is 4.90 Å². The molecule has 0 radical (unpaired) electrons. The Labute approximate surface area is 112 Å². The van der Waals surface area contributed by atoms with Gasteiger partial charge in [-0.05, 0) is 18.8 Å². The van der Waals surface area contributed by atoms with E-state index in [-0.39, 0.29) is 5.92 Å². The Hall–Kier alpha value is -1.79. The number of carboxylic acids is 1. The number of rotatable bonds is 5. The molecule has 4 N–H and O–H groups in total. The van der Waals surface area contributed by atoms with Crippen molar-refractivity contribution in [3.8, 4) is 0 Å². The summed E-state index contributed by atoms with van der Waals surface area (Å²) in [7, 11) is 0. The third kappa shape index (κ3) is 3.59. The zero-order valence-electron chi connectivity index (χ0n) is 11.3. The molecule has 7 nitrogen and oxygen atoms in total. The van der Waals surface area contributed by atoms with Gasteiger partial charge in [0.05, 0.1) is 0 Å². The molecule has 1 fully saturated rings. The highest BCUT2D eigenvalue weighted by atomic mass is 16.4. The molecule has 1 rings (SSSR count). The molecular formula is C12H21N3O4. The van der Waals surface area contributed by atoms with E-state index in [0.29, 0.717) is 25.8 Å². The van der Waals surface area contributed by atoms with Crippen molar-refractivity contribution >= 4 is 17.9 Å². The zero-order chi connectivity index (χ0) is 14.6. The molecule has 1 aliphatic heterocycles. The highest BCUT2D eigenvalue weighted by molar-refractivity contribution is 5.88. The number of nitrogens with one attached hydrogen (secondary N) is 1. The SMILES string of the molecule is CC[C@H](C)[C@H](NC(=O)N1CCCC1C(N)=O)C(=O)O. The van der Waals surface area contributed by atoms with Crippen molar-refractivity contribution in [1.29, 1.82) is 0 Å². The van der Waals surface area contributed by atoms with Gasteiger partial charge >= 0.3 is 12.0 Å². The second-order valence-corrected chi connectivity index (χ2v) is 4.90. The lowest BCUT2D eigenvalue weighted by molar-refractivity contribution is -0.140. The Morgan fingerprint density at radius 1 is 1.47 bits per heavy atom. The molecule has 0 bridgehead atoms. The molecule has 0 aromatic heterocycles. The van der Waals surface area contributed by atoms with Crippen LogP contribution < -0.4 is 11.1 Å². The first kappa shape index (κ1) is 15.3. The van der Waals surface area contributed by atoms with Crippen LogP contribution in [0.25, 0.3) is 0 Å². The van der Waals surface area contributed by atoms with Gasteiger partial charge in [-0.3, -0.25) is 4.79 Å². The van der Waals surface area contributed by atoms with Crippen molar-refractivity contribution in [2.45, 2.75) is 45.2 Å². The van der Waals surface area contributed by atoms with Gasteiger partial charge in [-0.2, -0.15) is 0 Å². The minimum absolute atomic E-state index is 0.184. The summed E-state index contributed by atoms with van der Waals surface area (Å²) in [5, 5.41) is 11.6. The Morgan fingerprint density at radius 3 is 2.58 bits per heavy atom. The summed E-state index contributed by atoms with van der Waals surface area (Å²) in [6.45, 7) is 4.04. The second-order valence-electron chi connectivity index (χ2n) is 4.90. The Kier molecular flexibility index (Phi) is 5.14. The largest absolute Gasteiger partial charge is 0.480 e. The zero-order valence-corrected chi connectivity index (χ0v) is 11.3. The van der Waals surface area contributed by atoms with Crippen LogP contribution in [0.4, 0.5) is 4.79 Å². The summed E-state index contributed by atoms with van der Waals surface area (Å²) in [5.74, 6) is -1.81. The van der Waals surface area contributed by atoms with Gasteiger partial charge in [-0.25, -0.2) is 9.59 Å². The van der Waals surface area contributed by atoms with Crippen LogP contribution >= 0.6 is 0 Å². The van der Waals surface area contributed by atoms with Gasteiger partial charge in [0, 0.05) is 6.54 Å². The standard InChI is InChI=1S/C12H21N3O4/c1-3-7(2)9(11(17)18)14-12(19)15-6-4-5-8(15)10(13)16/h7-9H,3-6H2,1-2H3,(H2,13,16)(H,14,19)(H,17,18)/t7-,8?,9-/m0/s1. The molecule has 108 valence electrons. The van der Waals surface area contributed by atoms with E-state index in [2.05, 4.69) is 5.32 Å². The summed E-state index contributed by atoms with van der Waals surface area (Å²) in [6, 6.07) is -2.12. The predicted molar refractivity (Wildman–Crippen MR) is 68.3 cm³/mol. The fourth-order valence-electron chi connectivity index (χ4n) is 2.20. The van der Waals surface area contributed by atoms with E-state index in [9.17, 15) is 14.4 Å². The minimum atomic E-state index is -1.07. The smallest absolute Gasteiger partial charge is 0.326 e. The van der Waals surface area contributed by atoms with Crippen molar-refractivity contribution in [1.82, 2.24) is 10.2 Å². The second kappa shape index (κ2) is 6.40. The van der Waals surface area contributed by atoms with Crippen LogP contribution in [0.5, 0.6) is 0 Å². The Balaban J connectivity index is 2.71. The number of amides is 3. The fraction of sp³-hybridized carbons (Fsp3) is 0.750. The number of likely N-dealkylation sites (tertiary alicyclic amines) is 1. The van der Waals surface area contributed by atoms with E-state index in [1.54, 1.807) is 6.92 Å². The average molecular weight is 271 g/mol. The van der Waals surface area contributed by atoms with Crippen LogP contribution in [-0.4, -0.2) is 46.5 Å². The van der Waals surface area contributed by atoms with Gasteiger partial charge in [-0.1, -0.05) is 20.3 Å². The lowest BCUT2D eigenvalue weighted by Crippen LogP contribution is -2.53. The molecular weight excluding hydrogens is 250 g/mol. The first-order valence-corrected chi connectivity index (χ1v) is 6.47. The van der Waals surface area contributed by atoms with Crippen LogP contribution in [-0.2, 0) is 9.59 Å². The third-order valence-electron chi connectivity index (χ3n) is 3.60. The maximum Gasteiger partial charge on any atom is 0.326 e.